The summed E-state index contributed by atoms with van der Waals surface area (Å²) in [5.41, 5.74) is 7.18. The van der Waals surface area contributed by atoms with E-state index in [0.29, 0.717) is 6.42 Å². The van der Waals surface area contributed by atoms with Gasteiger partial charge in [0.1, 0.15) is 0 Å². The van der Waals surface area contributed by atoms with Gasteiger partial charge in [-0.1, -0.05) is 13.0 Å². The highest BCUT2D eigenvalue weighted by atomic mass is 16.1. The Kier molecular flexibility index (Phi) is 3.58. The van der Waals surface area contributed by atoms with E-state index in [9.17, 15) is 4.79 Å². The molecule has 0 saturated carbocycles. The molecule has 0 radical (unpaired) electrons. The molecule has 0 amide bonds. The Hall–Kier alpha value is -1.22. The second kappa shape index (κ2) is 4.72. The predicted octanol–water partition coefficient (Wildman–Crippen LogP) is 0.714. The van der Waals surface area contributed by atoms with Gasteiger partial charge in [0.2, 0.25) is 0 Å². The molecule has 0 fully saturated rings. The van der Waals surface area contributed by atoms with Gasteiger partial charge in [-0.2, -0.15) is 0 Å². The number of hydrogen-bond acceptors (Lipinski definition) is 3. The molecule has 0 aliphatic carbocycles. The predicted molar refractivity (Wildman–Crippen MR) is 51.4 cm³/mol. The average molecular weight is 178 g/mol. The number of Topliss-reactive ketones (excluding diaryl/α,β-unsaturated/α-hetero) is 1. The number of hydrogen-bond donors (Lipinski definition) is 1. The van der Waals surface area contributed by atoms with Crippen LogP contribution in [0.4, 0.5) is 0 Å². The summed E-state index contributed by atoms with van der Waals surface area (Å²) in [6.07, 6.45) is 3.12. The van der Waals surface area contributed by atoms with E-state index >= 15 is 0 Å². The zero-order valence-corrected chi connectivity index (χ0v) is 7.79. The fourth-order valence-corrected chi connectivity index (χ4v) is 1.04. The van der Waals surface area contributed by atoms with Gasteiger partial charge in [-0.15, -0.1) is 0 Å². The molecule has 0 aliphatic rings. The van der Waals surface area contributed by atoms with Gasteiger partial charge in [0.05, 0.1) is 6.54 Å². The lowest BCUT2D eigenvalue weighted by atomic mass is 10.1. The van der Waals surface area contributed by atoms with E-state index in [-0.39, 0.29) is 12.3 Å². The van der Waals surface area contributed by atoms with Crippen molar-refractivity contribution >= 4 is 5.78 Å². The van der Waals surface area contributed by atoms with Crippen molar-refractivity contribution in [3.63, 3.8) is 0 Å². The maximum absolute atomic E-state index is 11.0. The molecule has 0 saturated heterocycles. The number of carbonyl (C=O) groups excluding carboxylic acids is 1. The lowest BCUT2D eigenvalue weighted by molar-refractivity contribution is -0.117. The molecule has 0 bridgehead atoms. The first-order valence-corrected chi connectivity index (χ1v) is 4.41. The highest BCUT2D eigenvalue weighted by Gasteiger charge is 2.01. The zero-order valence-electron chi connectivity index (χ0n) is 7.79. The summed E-state index contributed by atoms with van der Waals surface area (Å²) >= 11 is 0. The molecule has 1 rings (SSSR count). The highest BCUT2D eigenvalue weighted by Crippen LogP contribution is 2.01. The topological polar surface area (TPSA) is 56.0 Å². The summed E-state index contributed by atoms with van der Waals surface area (Å²) in [4.78, 5) is 15.1. The average Bonchev–Trinajstić information content (AvgIpc) is 2.19. The Morgan fingerprint density at radius 2 is 2.31 bits per heavy atom. The third kappa shape index (κ3) is 2.95. The minimum Gasteiger partial charge on any atom is -0.324 e. The molecule has 70 valence electrons. The van der Waals surface area contributed by atoms with Crippen LogP contribution in [0.25, 0.3) is 0 Å². The molecule has 3 nitrogen and oxygen atoms in total. The summed E-state index contributed by atoms with van der Waals surface area (Å²) in [5.74, 6) is 0.0248. The summed E-state index contributed by atoms with van der Waals surface area (Å²) in [5, 5.41) is 0. The van der Waals surface area contributed by atoms with Crippen molar-refractivity contribution in [3.05, 3.63) is 29.6 Å². The zero-order chi connectivity index (χ0) is 9.68. The van der Waals surface area contributed by atoms with E-state index < -0.39 is 0 Å². The Labute approximate surface area is 78.0 Å². The van der Waals surface area contributed by atoms with Crippen molar-refractivity contribution in [3.8, 4) is 0 Å². The van der Waals surface area contributed by atoms with Crippen LogP contribution in [0.1, 0.15) is 18.2 Å². The largest absolute Gasteiger partial charge is 0.324 e. The van der Waals surface area contributed by atoms with Gasteiger partial charge in [-0.05, 0) is 18.1 Å². The third-order valence-electron chi connectivity index (χ3n) is 1.90. The maximum atomic E-state index is 11.0. The number of nitrogens with two attached hydrogens (primary N) is 1. The van der Waals surface area contributed by atoms with Crippen LogP contribution in [-0.2, 0) is 17.6 Å². The van der Waals surface area contributed by atoms with Crippen LogP contribution >= 0.6 is 0 Å². The monoisotopic (exact) mass is 178 g/mol. The molecule has 1 aromatic heterocycles. The quantitative estimate of drug-likeness (QED) is 0.739. The van der Waals surface area contributed by atoms with Crippen molar-refractivity contribution in [1.82, 2.24) is 4.98 Å². The number of rotatable bonds is 4. The molecule has 13 heavy (non-hydrogen) atoms. The second-order valence-electron chi connectivity index (χ2n) is 2.93. The third-order valence-corrected chi connectivity index (χ3v) is 1.90. The van der Waals surface area contributed by atoms with Gasteiger partial charge in [-0.25, -0.2) is 0 Å². The molecule has 0 aliphatic heterocycles. The fourth-order valence-electron chi connectivity index (χ4n) is 1.04. The van der Waals surface area contributed by atoms with Crippen molar-refractivity contribution in [2.75, 3.05) is 6.54 Å². The van der Waals surface area contributed by atoms with E-state index in [0.717, 1.165) is 12.1 Å². The number of aryl methyl sites for hydroxylation is 1. The Balaban J connectivity index is 2.64. The highest BCUT2D eigenvalue weighted by molar-refractivity contribution is 5.82. The van der Waals surface area contributed by atoms with E-state index in [2.05, 4.69) is 11.9 Å². The number of nitrogens with zero attached hydrogens (tertiary/aromatic N) is 1. The van der Waals surface area contributed by atoms with Crippen molar-refractivity contribution in [2.45, 2.75) is 19.8 Å². The number of carbonyl (C=O) groups is 1. The minimum atomic E-state index is 0.0248. The number of pyridine rings is 1. The van der Waals surface area contributed by atoms with Crippen LogP contribution in [0.3, 0.4) is 0 Å². The van der Waals surface area contributed by atoms with Crippen molar-refractivity contribution in [2.24, 2.45) is 5.73 Å². The summed E-state index contributed by atoms with van der Waals surface area (Å²) in [7, 11) is 0. The standard InChI is InChI=1S/C10H14N2O/c1-2-8-3-4-9(12-7-8)5-10(13)6-11/h3-4,7H,2,5-6,11H2,1H3. The Bertz CT molecular complexity index is 279. The van der Waals surface area contributed by atoms with E-state index in [1.54, 1.807) is 6.20 Å². The van der Waals surface area contributed by atoms with Gasteiger partial charge in [-0.3, -0.25) is 9.78 Å². The van der Waals surface area contributed by atoms with Crippen LogP contribution in [-0.4, -0.2) is 17.3 Å². The second-order valence-corrected chi connectivity index (χ2v) is 2.93. The smallest absolute Gasteiger partial charge is 0.152 e. The van der Waals surface area contributed by atoms with Crippen LogP contribution in [0.15, 0.2) is 18.3 Å². The lowest BCUT2D eigenvalue weighted by Gasteiger charge is -1.99. The summed E-state index contributed by atoms with van der Waals surface area (Å²) in [6.45, 7) is 2.17. The first-order valence-electron chi connectivity index (χ1n) is 4.41. The first-order chi connectivity index (χ1) is 6.26. The van der Waals surface area contributed by atoms with E-state index in [1.165, 1.54) is 5.56 Å². The molecule has 0 spiro atoms. The van der Waals surface area contributed by atoms with Gasteiger partial charge < -0.3 is 5.73 Å². The van der Waals surface area contributed by atoms with Crippen molar-refractivity contribution in [1.29, 1.82) is 0 Å². The molecular weight excluding hydrogens is 164 g/mol. The molecule has 0 aromatic carbocycles. The van der Waals surface area contributed by atoms with Crippen LogP contribution in [0.2, 0.25) is 0 Å². The molecular formula is C10H14N2O. The summed E-state index contributed by atoms with van der Waals surface area (Å²) < 4.78 is 0. The fraction of sp³-hybridized carbons (Fsp3) is 0.400. The van der Waals surface area contributed by atoms with Gasteiger partial charge in [0.25, 0.3) is 0 Å². The number of aromatic nitrogens is 1. The number of ketones is 1. The lowest BCUT2D eigenvalue weighted by Crippen LogP contribution is -2.16. The van der Waals surface area contributed by atoms with Gasteiger partial charge >= 0.3 is 0 Å². The van der Waals surface area contributed by atoms with Gasteiger partial charge in [0.15, 0.2) is 5.78 Å². The Morgan fingerprint density at radius 1 is 1.54 bits per heavy atom. The SMILES string of the molecule is CCc1ccc(CC(=O)CN)nc1. The molecule has 2 N–H and O–H groups in total. The molecule has 0 unspecified atom stereocenters. The molecule has 1 aromatic rings. The molecule has 1 heterocycles. The summed E-state index contributed by atoms with van der Waals surface area (Å²) in [6, 6.07) is 3.87. The minimum absolute atomic E-state index is 0.0248. The maximum Gasteiger partial charge on any atom is 0.152 e. The van der Waals surface area contributed by atoms with Crippen molar-refractivity contribution < 1.29 is 4.79 Å². The van der Waals surface area contributed by atoms with Crippen LogP contribution in [0.5, 0.6) is 0 Å². The van der Waals surface area contributed by atoms with Crippen LogP contribution < -0.4 is 5.73 Å². The van der Waals surface area contributed by atoms with E-state index in [4.69, 9.17) is 5.73 Å². The van der Waals surface area contributed by atoms with Crippen LogP contribution in [0, 0.1) is 0 Å². The molecule has 0 atom stereocenters. The van der Waals surface area contributed by atoms with Gasteiger partial charge in [0, 0.05) is 18.3 Å². The molecule has 3 heteroatoms. The van der Waals surface area contributed by atoms with E-state index in [1.807, 2.05) is 12.1 Å². The Morgan fingerprint density at radius 3 is 2.77 bits per heavy atom. The normalized spacial score (nSPS) is 10.0. The first kappa shape index (κ1) is 9.86.